The van der Waals surface area contributed by atoms with Crippen LogP contribution in [0, 0.1) is 6.92 Å². The maximum Gasteiger partial charge on any atom is 0.416 e. The van der Waals surface area contributed by atoms with Gasteiger partial charge in [-0.3, -0.25) is 0 Å². The lowest BCUT2D eigenvalue weighted by Crippen LogP contribution is -2.25. The third kappa shape index (κ3) is 8.65. The van der Waals surface area contributed by atoms with Crippen LogP contribution in [-0.2, 0) is 35.0 Å². The molecule has 0 N–H and O–H groups in total. The van der Waals surface area contributed by atoms with Crippen molar-refractivity contribution in [2.45, 2.75) is 52.1 Å². The number of nitrogens with zero attached hydrogens (tertiary/aromatic N) is 4. The number of rotatable bonds is 10. The number of anilines is 1. The zero-order chi connectivity index (χ0) is 37.1. The van der Waals surface area contributed by atoms with Gasteiger partial charge < -0.3 is 14.4 Å². The summed E-state index contributed by atoms with van der Waals surface area (Å²) in [6, 6.07) is 14.8. The number of hydrogen-bond donors (Lipinski definition) is 0. The molecule has 0 bridgehead atoms. The van der Waals surface area contributed by atoms with E-state index in [0.29, 0.717) is 45.8 Å². The normalized spacial score (nSPS) is 12.2. The van der Waals surface area contributed by atoms with Crippen LogP contribution < -0.4 is 9.64 Å². The molecule has 2 heterocycles. The Balaban J connectivity index is 1.71. The number of pyridine rings is 1. The molecular weight excluding hydrogens is 674 g/mol. The summed E-state index contributed by atoms with van der Waals surface area (Å²) in [5.41, 5.74) is 1.65. The SMILES string of the molecule is COC(=O)C=Cc1cnc(N(Cc2cc(C(F)(F)F)cc(C(F)(F)F)c2)Cc2cc3cccc(C)c3nc2-c2cc(C(C)C)ccc2OC)nc1. The maximum absolute atomic E-state index is 13.9. The minimum atomic E-state index is -5.03. The number of carbonyl (C=O) groups excluding carboxylic acids is 1. The van der Waals surface area contributed by atoms with Gasteiger partial charge in [0.15, 0.2) is 0 Å². The average molecular weight is 709 g/mol. The number of aryl methyl sites for hydroxylation is 1. The molecule has 0 radical (unpaired) electrons. The Hall–Kier alpha value is -5.46. The van der Waals surface area contributed by atoms with Gasteiger partial charge in [-0.25, -0.2) is 19.7 Å². The van der Waals surface area contributed by atoms with Gasteiger partial charge in [0.1, 0.15) is 5.75 Å². The molecule has 5 rings (SSSR count). The summed E-state index contributed by atoms with van der Waals surface area (Å²) >= 11 is 0. The number of fused-ring (bicyclic) bond motifs is 1. The van der Waals surface area contributed by atoms with Crippen molar-refractivity contribution >= 4 is 28.9 Å². The molecule has 5 aromatic rings. The fraction of sp³-hybridized carbons (Fsp3) is 0.263. The first-order valence-electron chi connectivity index (χ1n) is 15.8. The van der Waals surface area contributed by atoms with Gasteiger partial charge in [0.25, 0.3) is 0 Å². The largest absolute Gasteiger partial charge is 0.496 e. The lowest BCUT2D eigenvalue weighted by atomic mass is 9.95. The van der Waals surface area contributed by atoms with Crippen molar-refractivity contribution in [3.8, 4) is 17.0 Å². The Morgan fingerprint density at radius 1 is 0.882 bits per heavy atom. The van der Waals surface area contributed by atoms with Crippen LogP contribution in [-0.4, -0.2) is 35.1 Å². The van der Waals surface area contributed by atoms with E-state index in [9.17, 15) is 31.1 Å². The van der Waals surface area contributed by atoms with Crippen LogP contribution in [0.15, 0.2) is 79.1 Å². The maximum atomic E-state index is 13.9. The lowest BCUT2D eigenvalue weighted by Gasteiger charge is -2.26. The number of hydrogen-bond acceptors (Lipinski definition) is 7. The molecule has 0 saturated carbocycles. The number of carbonyl (C=O) groups is 1. The monoisotopic (exact) mass is 708 g/mol. The molecule has 266 valence electrons. The van der Waals surface area contributed by atoms with Crippen molar-refractivity contribution in [1.82, 2.24) is 15.0 Å². The zero-order valence-electron chi connectivity index (χ0n) is 28.4. The van der Waals surface area contributed by atoms with Crippen molar-refractivity contribution in [3.05, 3.63) is 118 Å². The third-order valence-corrected chi connectivity index (χ3v) is 8.21. The molecule has 0 aliphatic heterocycles. The first kappa shape index (κ1) is 36.8. The number of ether oxygens (including phenoxy) is 2. The molecule has 2 aromatic heterocycles. The van der Waals surface area contributed by atoms with Crippen LogP contribution in [0.25, 0.3) is 28.2 Å². The van der Waals surface area contributed by atoms with Crippen molar-refractivity contribution < 1.29 is 40.6 Å². The van der Waals surface area contributed by atoms with E-state index in [4.69, 9.17) is 9.72 Å². The number of benzene rings is 3. The zero-order valence-corrected chi connectivity index (χ0v) is 28.4. The molecule has 0 amide bonds. The molecule has 0 aliphatic rings. The van der Waals surface area contributed by atoms with Gasteiger partial charge in [-0.2, -0.15) is 26.3 Å². The van der Waals surface area contributed by atoms with Gasteiger partial charge in [0.05, 0.1) is 36.6 Å². The minimum absolute atomic E-state index is 0.00868. The van der Waals surface area contributed by atoms with Gasteiger partial charge in [-0.1, -0.05) is 38.1 Å². The highest BCUT2D eigenvalue weighted by atomic mass is 19.4. The quantitative estimate of drug-likeness (QED) is 0.0813. The van der Waals surface area contributed by atoms with Crippen molar-refractivity contribution in [1.29, 1.82) is 0 Å². The van der Waals surface area contributed by atoms with Gasteiger partial charge in [0, 0.05) is 48.1 Å². The van der Waals surface area contributed by atoms with E-state index < -0.39 is 36.0 Å². The second-order valence-electron chi connectivity index (χ2n) is 12.2. The standard InChI is InChI=1S/C38H34F6N4O3/c1-22(2)26-10-11-32(50-4)31(16-26)35-28(15-27-8-6-7-23(3)34(27)47-35)21-48(36-45-18-24(19-46-36)9-12-33(49)51-5)20-25-13-29(37(39,40)41)17-30(14-25)38(42,43)44/h6-19,22H,20-21H2,1-5H3. The second kappa shape index (κ2) is 14.8. The number of para-hydroxylation sites is 1. The molecule has 0 aliphatic carbocycles. The fourth-order valence-electron chi connectivity index (χ4n) is 5.56. The Kier molecular flexibility index (Phi) is 10.7. The topological polar surface area (TPSA) is 77.4 Å². The van der Waals surface area contributed by atoms with Gasteiger partial charge in [0.2, 0.25) is 5.95 Å². The highest BCUT2D eigenvalue weighted by Crippen LogP contribution is 2.39. The molecular formula is C38H34F6N4O3. The molecule has 0 saturated heterocycles. The van der Waals surface area contributed by atoms with E-state index in [-0.39, 0.29) is 30.0 Å². The summed E-state index contributed by atoms with van der Waals surface area (Å²) in [5.74, 6) is 0.0719. The summed E-state index contributed by atoms with van der Waals surface area (Å²) in [7, 11) is 2.75. The fourth-order valence-corrected chi connectivity index (χ4v) is 5.56. The summed E-state index contributed by atoms with van der Waals surface area (Å²) in [6.07, 6.45) is -4.75. The number of alkyl halides is 6. The molecule has 0 unspecified atom stereocenters. The van der Waals surface area contributed by atoms with Crippen LogP contribution >= 0.6 is 0 Å². The summed E-state index contributed by atoms with van der Waals surface area (Å²) in [4.78, 5) is 26.9. The van der Waals surface area contributed by atoms with E-state index in [2.05, 4.69) is 14.7 Å². The van der Waals surface area contributed by atoms with Gasteiger partial charge in [-0.15, -0.1) is 0 Å². The van der Waals surface area contributed by atoms with Crippen LogP contribution in [0.4, 0.5) is 32.3 Å². The molecule has 0 atom stereocenters. The van der Waals surface area contributed by atoms with E-state index >= 15 is 0 Å². The average Bonchev–Trinajstić information content (AvgIpc) is 3.09. The summed E-state index contributed by atoms with van der Waals surface area (Å²) in [5, 5.41) is 0.773. The molecule has 13 heteroatoms. The number of esters is 1. The van der Waals surface area contributed by atoms with Crippen LogP contribution in [0.5, 0.6) is 5.75 Å². The number of methoxy groups -OCH3 is 2. The molecule has 0 spiro atoms. The van der Waals surface area contributed by atoms with Crippen LogP contribution in [0.2, 0.25) is 0 Å². The molecule has 7 nitrogen and oxygen atoms in total. The molecule has 0 fully saturated rings. The van der Waals surface area contributed by atoms with Crippen molar-refractivity contribution in [2.75, 3.05) is 19.1 Å². The smallest absolute Gasteiger partial charge is 0.416 e. The van der Waals surface area contributed by atoms with E-state index in [1.807, 2.05) is 63.2 Å². The van der Waals surface area contributed by atoms with Crippen LogP contribution in [0.1, 0.15) is 58.7 Å². The summed E-state index contributed by atoms with van der Waals surface area (Å²) < 4.78 is 93.5. The van der Waals surface area contributed by atoms with Gasteiger partial charge >= 0.3 is 18.3 Å². The predicted molar refractivity (Wildman–Crippen MR) is 182 cm³/mol. The second-order valence-corrected chi connectivity index (χ2v) is 12.2. The minimum Gasteiger partial charge on any atom is -0.496 e. The summed E-state index contributed by atoms with van der Waals surface area (Å²) in [6.45, 7) is 5.49. The number of aromatic nitrogens is 3. The molecule has 3 aromatic carbocycles. The van der Waals surface area contributed by atoms with Crippen molar-refractivity contribution in [2.24, 2.45) is 0 Å². The van der Waals surface area contributed by atoms with Crippen molar-refractivity contribution in [3.63, 3.8) is 0 Å². The lowest BCUT2D eigenvalue weighted by molar-refractivity contribution is -0.143. The Morgan fingerprint density at radius 3 is 2.14 bits per heavy atom. The van der Waals surface area contributed by atoms with E-state index in [1.54, 1.807) is 0 Å². The third-order valence-electron chi connectivity index (χ3n) is 8.21. The Labute approximate surface area is 290 Å². The van der Waals surface area contributed by atoms with E-state index in [0.717, 1.165) is 22.6 Å². The van der Waals surface area contributed by atoms with Gasteiger partial charge in [-0.05, 0) is 77.6 Å². The number of halogens is 6. The Morgan fingerprint density at radius 2 is 1.55 bits per heavy atom. The highest BCUT2D eigenvalue weighted by molar-refractivity contribution is 5.87. The Bertz CT molecular complexity index is 2040. The molecule has 51 heavy (non-hydrogen) atoms. The van der Waals surface area contributed by atoms with E-state index in [1.165, 1.54) is 37.6 Å². The highest BCUT2D eigenvalue weighted by Gasteiger charge is 2.37. The predicted octanol–water partition coefficient (Wildman–Crippen LogP) is 9.56. The van der Waals surface area contributed by atoms with Crippen LogP contribution in [0.3, 0.4) is 0 Å². The first-order valence-corrected chi connectivity index (χ1v) is 15.8. The first-order chi connectivity index (χ1) is 24.1.